The van der Waals surface area contributed by atoms with Crippen molar-refractivity contribution in [3.8, 4) is 11.5 Å². The molecule has 1 fully saturated rings. The SMILES string of the molecule is CCOCCn1c(=NC(=O)C2CCCCC2)sc2cc(OC)c(OC)cc21. The van der Waals surface area contributed by atoms with E-state index in [1.807, 2.05) is 19.1 Å². The van der Waals surface area contributed by atoms with Crippen LogP contribution < -0.4 is 14.3 Å². The van der Waals surface area contributed by atoms with E-state index in [0.717, 1.165) is 40.7 Å². The first-order valence-electron chi connectivity index (χ1n) is 9.59. The molecular formula is C20H28N2O4S. The lowest BCUT2D eigenvalue weighted by atomic mass is 9.89. The third-order valence-corrected chi connectivity index (χ3v) is 6.05. The normalized spacial score (nSPS) is 16.0. The average Bonchev–Trinajstić information content (AvgIpc) is 3.03. The summed E-state index contributed by atoms with van der Waals surface area (Å²) in [4.78, 5) is 18.0. The Kier molecular flexibility index (Phi) is 6.90. The van der Waals surface area contributed by atoms with Gasteiger partial charge in [-0.15, -0.1) is 0 Å². The van der Waals surface area contributed by atoms with E-state index >= 15 is 0 Å². The lowest BCUT2D eigenvalue weighted by Gasteiger charge is -2.17. The first-order valence-corrected chi connectivity index (χ1v) is 10.4. The van der Waals surface area contributed by atoms with Crippen molar-refractivity contribution in [3.63, 3.8) is 0 Å². The average molecular weight is 393 g/mol. The zero-order valence-electron chi connectivity index (χ0n) is 16.3. The van der Waals surface area contributed by atoms with E-state index in [0.29, 0.717) is 31.3 Å². The minimum Gasteiger partial charge on any atom is -0.493 e. The number of thiazole rings is 1. The van der Waals surface area contributed by atoms with Gasteiger partial charge in [0.1, 0.15) is 0 Å². The first-order chi connectivity index (χ1) is 13.2. The second kappa shape index (κ2) is 9.37. The van der Waals surface area contributed by atoms with E-state index in [1.54, 1.807) is 14.2 Å². The third-order valence-electron chi connectivity index (χ3n) is 5.01. The molecule has 7 heteroatoms. The lowest BCUT2D eigenvalue weighted by molar-refractivity contribution is -0.122. The Morgan fingerprint density at radius 1 is 1.19 bits per heavy atom. The molecule has 0 radical (unpaired) electrons. The molecule has 1 aromatic heterocycles. The van der Waals surface area contributed by atoms with E-state index in [-0.39, 0.29) is 11.8 Å². The molecule has 1 amide bonds. The molecule has 0 atom stereocenters. The third kappa shape index (κ3) is 4.52. The van der Waals surface area contributed by atoms with Crippen molar-refractivity contribution in [2.75, 3.05) is 27.4 Å². The van der Waals surface area contributed by atoms with E-state index in [2.05, 4.69) is 9.56 Å². The molecule has 148 valence electrons. The maximum Gasteiger partial charge on any atom is 0.251 e. The summed E-state index contributed by atoms with van der Waals surface area (Å²) in [6.07, 6.45) is 5.37. The van der Waals surface area contributed by atoms with Crippen molar-refractivity contribution in [1.29, 1.82) is 0 Å². The number of hydrogen-bond donors (Lipinski definition) is 0. The fourth-order valence-electron chi connectivity index (χ4n) is 3.53. The van der Waals surface area contributed by atoms with Gasteiger partial charge in [0.15, 0.2) is 16.3 Å². The van der Waals surface area contributed by atoms with Crippen molar-refractivity contribution < 1.29 is 19.0 Å². The molecule has 2 aromatic rings. The summed E-state index contributed by atoms with van der Waals surface area (Å²) in [6, 6.07) is 3.89. The summed E-state index contributed by atoms with van der Waals surface area (Å²) in [6.45, 7) is 3.84. The zero-order chi connectivity index (χ0) is 19.2. The number of nitrogens with zero attached hydrogens (tertiary/aromatic N) is 2. The molecule has 1 saturated carbocycles. The fourth-order valence-corrected chi connectivity index (χ4v) is 4.61. The maximum atomic E-state index is 12.7. The molecule has 0 aliphatic heterocycles. The van der Waals surface area contributed by atoms with Gasteiger partial charge >= 0.3 is 0 Å². The second-order valence-corrected chi connectivity index (χ2v) is 7.70. The molecule has 0 unspecified atom stereocenters. The maximum absolute atomic E-state index is 12.7. The van der Waals surface area contributed by atoms with Gasteiger partial charge in [0.25, 0.3) is 5.91 Å². The van der Waals surface area contributed by atoms with Gasteiger partial charge in [-0.1, -0.05) is 30.6 Å². The van der Waals surface area contributed by atoms with Crippen LogP contribution in [0.5, 0.6) is 11.5 Å². The molecule has 0 saturated heterocycles. The Morgan fingerprint density at radius 3 is 2.56 bits per heavy atom. The Balaban J connectivity index is 2.04. The minimum absolute atomic E-state index is 0.00495. The zero-order valence-corrected chi connectivity index (χ0v) is 17.1. The van der Waals surface area contributed by atoms with Crippen molar-refractivity contribution in [2.45, 2.75) is 45.6 Å². The molecule has 0 spiro atoms. The number of amides is 1. The largest absolute Gasteiger partial charge is 0.493 e. The highest BCUT2D eigenvalue weighted by atomic mass is 32.1. The summed E-state index contributed by atoms with van der Waals surface area (Å²) in [7, 11) is 3.25. The smallest absolute Gasteiger partial charge is 0.251 e. The number of carbonyl (C=O) groups excluding carboxylic acids is 1. The Bertz CT molecular complexity index is 850. The molecule has 1 aliphatic carbocycles. The quantitative estimate of drug-likeness (QED) is 0.673. The molecule has 1 heterocycles. The highest BCUT2D eigenvalue weighted by Crippen LogP contribution is 2.33. The number of carbonyl (C=O) groups is 1. The first kappa shape index (κ1) is 19.9. The summed E-state index contributed by atoms with van der Waals surface area (Å²) in [5.74, 6) is 1.41. The predicted molar refractivity (Wildman–Crippen MR) is 107 cm³/mol. The minimum atomic E-state index is 0.00495. The lowest BCUT2D eigenvalue weighted by Crippen LogP contribution is -2.23. The molecule has 6 nitrogen and oxygen atoms in total. The van der Waals surface area contributed by atoms with Crippen molar-refractivity contribution in [3.05, 3.63) is 16.9 Å². The monoisotopic (exact) mass is 392 g/mol. The highest BCUT2D eigenvalue weighted by Gasteiger charge is 2.21. The molecule has 0 bridgehead atoms. The number of fused-ring (bicyclic) bond motifs is 1. The Labute approximate surface area is 163 Å². The fraction of sp³-hybridized carbons (Fsp3) is 0.600. The highest BCUT2D eigenvalue weighted by molar-refractivity contribution is 7.16. The van der Waals surface area contributed by atoms with E-state index < -0.39 is 0 Å². The Hall–Kier alpha value is -1.86. The molecule has 1 aromatic carbocycles. The van der Waals surface area contributed by atoms with Gasteiger partial charge in [0, 0.05) is 31.2 Å². The molecule has 27 heavy (non-hydrogen) atoms. The van der Waals surface area contributed by atoms with Crippen LogP contribution >= 0.6 is 11.3 Å². The van der Waals surface area contributed by atoms with Gasteiger partial charge in [-0.25, -0.2) is 0 Å². The van der Waals surface area contributed by atoms with E-state index in [4.69, 9.17) is 14.2 Å². The van der Waals surface area contributed by atoms with Gasteiger partial charge in [0.05, 0.1) is 31.0 Å². The van der Waals surface area contributed by atoms with Gasteiger partial charge < -0.3 is 18.8 Å². The summed E-state index contributed by atoms with van der Waals surface area (Å²) >= 11 is 1.51. The van der Waals surface area contributed by atoms with Gasteiger partial charge in [-0.05, 0) is 19.8 Å². The standard InChI is InChI=1S/C20H28N2O4S/c1-4-26-11-10-22-15-12-16(24-2)17(25-3)13-18(15)27-20(22)21-19(23)14-8-6-5-7-9-14/h12-14H,4-11H2,1-3H3. The number of aromatic nitrogens is 1. The van der Waals surface area contributed by atoms with Crippen LogP contribution in [0.25, 0.3) is 10.2 Å². The van der Waals surface area contributed by atoms with Crippen LogP contribution in [0.15, 0.2) is 17.1 Å². The van der Waals surface area contributed by atoms with E-state index in [9.17, 15) is 4.79 Å². The molecule has 0 N–H and O–H groups in total. The molecule has 3 rings (SSSR count). The number of ether oxygens (including phenoxy) is 3. The van der Waals surface area contributed by atoms with Crippen LogP contribution in [0.4, 0.5) is 0 Å². The van der Waals surface area contributed by atoms with Crippen molar-refractivity contribution in [2.24, 2.45) is 10.9 Å². The summed E-state index contributed by atoms with van der Waals surface area (Å²) in [5.41, 5.74) is 0.979. The summed E-state index contributed by atoms with van der Waals surface area (Å²) < 4.78 is 19.5. The second-order valence-electron chi connectivity index (χ2n) is 6.69. The van der Waals surface area contributed by atoms with Gasteiger partial charge in [-0.2, -0.15) is 4.99 Å². The van der Waals surface area contributed by atoms with Crippen LogP contribution in [0, 0.1) is 5.92 Å². The Morgan fingerprint density at radius 2 is 1.89 bits per heavy atom. The number of rotatable bonds is 7. The van der Waals surface area contributed by atoms with Crippen LogP contribution in [0.1, 0.15) is 39.0 Å². The van der Waals surface area contributed by atoms with Crippen molar-refractivity contribution in [1.82, 2.24) is 4.57 Å². The van der Waals surface area contributed by atoms with Crippen molar-refractivity contribution >= 4 is 27.5 Å². The predicted octanol–water partition coefficient (Wildman–Crippen LogP) is 3.76. The number of benzene rings is 1. The van der Waals surface area contributed by atoms with Crippen LogP contribution in [-0.4, -0.2) is 37.9 Å². The van der Waals surface area contributed by atoms with Gasteiger partial charge in [0.2, 0.25) is 0 Å². The van der Waals surface area contributed by atoms with Crippen LogP contribution in [0.3, 0.4) is 0 Å². The topological polar surface area (TPSA) is 62.1 Å². The summed E-state index contributed by atoms with van der Waals surface area (Å²) in [5, 5.41) is 0. The van der Waals surface area contributed by atoms with Crippen LogP contribution in [-0.2, 0) is 16.1 Å². The van der Waals surface area contributed by atoms with Crippen LogP contribution in [0.2, 0.25) is 0 Å². The number of methoxy groups -OCH3 is 2. The number of hydrogen-bond acceptors (Lipinski definition) is 5. The molecular weight excluding hydrogens is 364 g/mol. The van der Waals surface area contributed by atoms with Gasteiger partial charge in [-0.3, -0.25) is 4.79 Å². The van der Waals surface area contributed by atoms with E-state index in [1.165, 1.54) is 17.8 Å². The molecule has 1 aliphatic rings.